The van der Waals surface area contributed by atoms with Crippen LogP contribution in [0.15, 0.2) is 23.2 Å². The number of rotatable bonds is 3. The molecule has 2 aliphatic heterocycles. The molecule has 3 rings (SSSR count). The van der Waals surface area contributed by atoms with E-state index < -0.39 is 0 Å². The summed E-state index contributed by atoms with van der Waals surface area (Å²) < 4.78 is 6.02. The molecule has 0 aliphatic carbocycles. The fraction of sp³-hybridized carbons (Fsp3) is 0.500. The summed E-state index contributed by atoms with van der Waals surface area (Å²) in [7, 11) is 0. The Morgan fingerprint density at radius 1 is 1.29 bits per heavy atom. The van der Waals surface area contributed by atoms with Gasteiger partial charge in [0.25, 0.3) is 0 Å². The first-order valence-electron chi connectivity index (χ1n) is 6.92. The van der Waals surface area contributed by atoms with Gasteiger partial charge in [0.1, 0.15) is 5.84 Å². The van der Waals surface area contributed by atoms with E-state index in [1.165, 1.54) is 0 Å². The average Bonchev–Trinajstić information content (AvgIpc) is 2.87. The smallest absolute Gasteiger partial charge is 0.166 e. The van der Waals surface area contributed by atoms with Crippen LogP contribution in [0.5, 0.6) is 0 Å². The molecule has 0 saturated carbocycles. The molecule has 114 valence electrons. The highest BCUT2D eigenvalue weighted by atomic mass is 35.5. The number of nitrogens with one attached hydrogen (secondary N) is 2. The Balaban J connectivity index is 1.81. The van der Waals surface area contributed by atoms with Crippen LogP contribution in [-0.2, 0) is 9.57 Å². The van der Waals surface area contributed by atoms with E-state index in [1.54, 1.807) is 0 Å². The van der Waals surface area contributed by atoms with Crippen molar-refractivity contribution in [2.24, 2.45) is 10.9 Å². The Hall–Kier alpha value is -0.850. The van der Waals surface area contributed by atoms with Crippen LogP contribution in [0.1, 0.15) is 18.1 Å². The lowest BCUT2D eigenvalue weighted by Crippen LogP contribution is -2.29. The van der Waals surface area contributed by atoms with Gasteiger partial charge in [0.2, 0.25) is 0 Å². The molecule has 0 radical (unpaired) electrons. The molecular formula is C14H17Cl2N3O2. The summed E-state index contributed by atoms with van der Waals surface area (Å²) in [4.78, 5) is 9.33. The standard InChI is InChI=1S/C14H17Cl2N3O2/c15-11-2-1-9(5-12(11)16)14-10(7-17-3-4-20-14)6-13-18-8-21-19-13/h1-2,5,10,14,17H,3-4,6-8H2,(H,18,19)/t10-,14+/m1/s1. The van der Waals surface area contributed by atoms with Crippen molar-refractivity contribution in [1.29, 1.82) is 0 Å². The Labute approximate surface area is 133 Å². The highest BCUT2D eigenvalue weighted by Gasteiger charge is 2.28. The molecule has 0 amide bonds. The quantitative estimate of drug-likeness (QED) is 0.894. The average molecular weight is 330 g/mol. The fourth-order valence-corrected chi connectivity index (χ4v) is 2.94. The maximum absolute atomic E-state index is 6.13. The van der Waals surface area contributed by atoms with Gasteiger partial charge >= 0.3 is 0 Å². The zero-order valence-electron chi connectivity index (χ0n) is 11.4. The number of halogens is 2. The van der Waals surface area contributed by atoms with Crippen LogP contribution in [-0.4, -0.2) is 32.3 Å². The minimum absolute atomic E-state index is 0.0418. The summed E-state index contributed by atoms with van der Waals surface area (Å²) in [6, 6.07) is 5.66. The summed E-state index contributed by atoms with van der Waals surface area (Å²) in [5, 5.41) is 4.49. The lowest BCUT2D eigenvalue weighted by Gasteiger charge is -2.25. The molecule has 1 aromatic carbocycles. The van der Waals surface area contributed by atoms with Crippen molar-refractivity contribution >= 4 is 29.0 Å². The number of nitrogens with zero attached hydrogens (tertiary/aromatic N) is 1. The van der Waals surface area contributed by atoms with E-state index in [0.717, 1.165) is 30.9 Å². The minimum atomic E-state index is -0.0418. The van der Waals surface area contributed by atoms with Gasteiger partial charge in [-0.2, -0.15) is 0 Å². The fourth-order valence-electron chi connectivity index (χ4n) is 2.64. The van der Waals surface area contributed by atoms with Crippen LogP contribution in [0.4, 0.5) is 0 Å². The zero-order chi connectivity index (χ0) is 14.7. The number of aliphatic imine (C=N–C) groups is 1. The Kier molecular flexibility index (Phi) is 4.98. The van der Waals surface area contributed by atoms with Gasteiger partial charge in [0.15, 0.2) is 6.73 Å². The van der Waals surface area contributed by atoms with E-state index in [4.69, 9.17) is 32.8 Å². The zero-order valence-corrected chi connectivity index (χ0v) is 13.0. The molecule has 2 N–H and O–H groups in total. The lowest BCUT2D eigenvalue weighted by molar-refractivity contribution is 0.0318. The maximum atomic E-state index is 6.13. The predicted molar refractivity (Wildman–Crippen MR) is 82.7 cm³/mol. The minimum Gasteiger partial charge on any atom is -0.372 e. The monoisotopic (exact) mass is 329 g/mol. The second kappa shape index (κ2) is 6.94. The number of hydrogen-bond acceptors (Lipinski definition) is 5. The third-order valence-electron chi connectivity index (χ3n) is 3.65. The number of hydroxylamine groups is 1. The molecule has 2 atom stereocenters. The SMILES string of the molecule is Clc1ccc([C@@H]2OCCNC[C@H]2CC2=NCON2)cc1Cl. The van der Waals surface area contributed by atoms with Gasteiger partial charge in [-0.3, -0.25) is 10.3 Å². The van der Waals surface area contributed by atoms with Crippen molar-refractivity contribution < 1.29 is 9.57 Å². The second-order valence-electron chi connectivity index (χ2n) is 5.11. The molecule has 2 aliphatic rings. The van der Waals surface area contributed by atoms with Crippen molar-refractivity contribution in [2.45, 2.75) is 12.5 Å². The number of amidine groups is 1. The van der Waals surface area contributed by atoms with E-state index in [-0.39, 0.29) is 12.0 Å². The van der Waals surface area contributed by atoms with Crippen molar-refractivity contribution in [3.05, 3.63) is 33.8 Å². The third-order valence-corrected chi connectivity index (χ3v) is 4.39. The molecule has 1 fully saturated rings. The van der Waals surface area contributed by atoms with Crippen LogP contribution in [0.3, 0.4) is 0 Å². The highest BCUT2D eigenvalue weighted by molar-refractivity contribution is 6.42. The first-order chi connectivity index (χ1) is 10.2. The van der Waals surface area contributed by atoms with E-state index >= 15 is 0 Å². The van der Waals surface area contributed by atoms with Gasteiger partial charge in [0.05, 0.1) is 22.8 Å². The molecule has 0 aromatic heterocycles. The first-order valence-corrected chi connectivity index (χ1v) is 7.68. The summed E-state index contributed by atoms with van der Waals surface area (Å²) in [5.74, 6) is 1.11. The largest absolute Gasteiger partial charge is 0.372 e. The van der Waals surface area contributed by atoms with E-state index in [0.29, 0.717) is 23.4 Å². The van der Waals surface area contributed by atoms with Gasteiger partial charge in [-0.1, -0.05) is 29.3 Å². The second-order valence-corrected chi connectivity index (χ2v) is 5.93. The van der Waals surface area contributed by atoms with Crippen LogP contribution < -0.4 is 10.8 Å². The van der Waals surface area contributed by atoms with Crippen LogP contribution in [0, 0.1) is 5.92 Å². The van der Waals surface area contributed by atoms with Gasteiger partial charge in [-0.25, -0.2) is 4.99 Å². The third kappa shape index (κ3) is 3.67. The van der Waals surface area contributed by atoms with E-state index in [9.17, 15) is 0 Å². The molecule has 1 saturated heterocycles. The van der Waals surface area contributed by atoms with Gasteiger partial charge in [0, 0.05) is 25.4 Å². The molecule has 1 aromatic rings. The number of benzene rings is 1. The summed E-state index contributed by atoms with van der Waals surface area (Å²) in [5.41, 5.74) is 3.88. The molecule has 21 heavy (non-hydrogen) atoms. The van der Waals surface area contributed by atoms with Crippen molar-refractivity contribution in [3.8, 4) is 0 Å². The molecule has 0 unspecified atom stereocenters. The normalized spacial score (nSPS) is 26.1. The summed E-state index contributed by atoms with van der Waals surface area (Å²) in [6.45, 7) is 2.72. The predicted octanol–water partition coefficient (Wildman–Crippen LogP) is 2.55. The number of ether oxygens (including phenoxy) is 1. The van der Waals surface area contributed by atoms with Crippen LogP contribution in [0.25, 0.3) is 0 Å². The molecule has 7 heteroatoms. The van der Waals surface area contributed by atoms with Gasteiger partial charge < -0.3 is 10.1 Å². The van der Waals surface area contributed by atoms with Crippen molar-refractivity contribution in [3.63, 3.8) is 0 Å². The molecule has 2 heterocycles. The van der Waals surface area contributed by atoms with E-state index in [1.807, 2.05) is 18.2 Å². The summed E-state index contributed by atoms with van der Waals surface area (Å²) >= 11 is 12.1. The van der Waals surface area contributed by atoms with E-state index in [2.05, 4.69) is 15.8 Å². The Morgan fingerprint density at radius 3 is 2.95 bits per heavy atom. The van der Waals surface area contributed by atoms with Crippen LogP contribution in [0.2, 0.25) is 10.0 Å². The van der Waals surface area contributed by atoms with Crippen LogP contribution >= 0.6 is 23.2 Å². The molecule has 0 bridgehead atoms. The molecule has 5 nitrogen and oxygen atoms in total. The first kappa shape index (κ1) is 15.1. The van der Waals surface area contributed by atoms with Gasteiger partial charge in [-0.05, 0) is 17.7 Å². The lowest BCUT2D eigenvalue weighted by atomic mass is 9.92. The van der Waals surface area contributed by atoms with Gasteiger partial charge in [-0.15, -0.1) is 0 Å². The molecule has 0 spiro atoms. The highest BCUT2D eigenvalue weighted by Crippen LogP contribution is 2.33. The Morgan fingerprint density at radius 2 is 2.19 bits per heavy atom. The van der Waals surface area contributed by atoms with Crippen molar-refractivity contribution in [1.82, 2.24) is 10.8 Å². The topological polar surface area (TPSA) is 54.9 Å². The molecular weight excluding hydrogens is 313 g/mol. The number of hydrogen-bond donors (Lipinski definition) is 2. The van der Waals surface area contributed by atoms with Crippen molar-refractivity contribution in [2.75, 3.05) is 26.4 Å². The maximum Gasteiger partial charge on any atom is 0.166 e. The summed E-state index contributed by atoms with van der Waals surface area (Å²) in [6.07, 6.45) is 0.720. The Bertz CT molecular complexity index is 539.